The standard InChI is InChI=1S/C19H26N4O4S/c1-4-13(2)23-28(25,26)16-9-7-15(8-10-16)17(24)21-19(11-5-6-12-19)18-20-14(3)27-22-18/h7-10,13,23H,4-6,11-12H2,1-3H3,(H,21,24). The average molecular weight is 407 g/mol. The van der Waals surface area contributed by atoms with Crippen molar-refractivity contribution in [1.29, 1.82) is 0 Å². The van der Waals surface area contributed by atoms with Gasteiger partial charge in [-0.2, -0.15) is 4.98 Å². The van der Waals surface area contributed by atoms with Gasteiger partial charge in [0.05, 0.1) is 4.90 Å². The van der Waals surface area contributed by atoms with Crippen molar-refractivity contribution < 1.29 is 17.7 Å². The molecule has 1 aliphatic carbocycles. The van der Waals surface area contributed by atoms with Gasteiger partial charge in [0, 0.05) is 18.5 Å². The molecule has 2 N–H and O–H groups in total. The number of rotatable bonds is 7. The van der Waals surface area contributed by atoms with E-state index in [1.807, 2.05) is 6.92 Å². The maximum atomic E-state index is 12.8. The van der Waals surface area contributed by atoms with Gasteiger partial charge in [0.25, 0.3) is 5.91 Å². The topological polar surface area (TPSA) is 114 Å². The van der Waals surface area contributed by atoms with Crippen LogP contribution in [-0.4, -0.2) is 30.5 Å². The molecule has 1 aromatic heterocycles. The fourth-order valence-corrected chi connectivity index (χ4v) is 4.69. The van der Waals surface area contributed by atoms with E-state index in [4.69, 9.17) is 4.52 Å². The fourth-order valence-electron chi connectivity index (χ4n) is 3.37. The van der Waals surface area contributed by atoms with Crippen LogP contribution >= 0.6 is 0 Å². The van der Waals surface area contributed by atoms with Gasteiger partial charge in [0.1, 0.15) is 5.54 Å². The Balaban J connectivity index is 1.77. The molecule has 3 rings (SSSR count). The molecular weight excluding hydrogens is 380 g/mol. The quantitative estimate of drug-likeness (QED) is 0.731. The smallest absolute Gasteiger partial charge is 0.252 e. The minimum absolute atomic E-state index is 0.133. The number of sulfonamides is 1. The van der Waals surface area contributed by atoms with Crippen LogP contribution in [0.25, 0.3) is 0 Å². The third kappa shape index (κ3) is 4.25. The second-order valence-corrected chi connectivity index (χ2v) is 9.05. The van der Waals surface area contributed by atoms with Crippen LogP contribution < -0.4 is 10.0 Å². The van der Waals surface area contributed by atoms with Crippen LogP contribution in [0.15, 0.2) is 33.7 Å². The first-order valence-electron chi connectivity index (χ1n) is 9.51. The Bertz CT molecular complexity index is 931. The Labute approximate surface area is 165 Å². The largest absolute Gasteiger partial charge is 0.340 e. The number of hydrogen-bond donors (Lipinski definition) is 2. The minimum atomic E-state index is -3.60. The van der Waals surface area contributed by atoms with E-state index in [-0.39, 0.29) is 16.8 Å². The number of nitrogens with zero attached hydrogens (tertiary/aromatic N) is 2. The molecule has 0 bridgehead atoms. The number of hydrogen-bond acceptors (Lipinski definition) is 6. The summed E-state index contributed by atoms with van der Waals surface area (Å²) in [5, 5.41) is 7.06. The van der Waals surface area contributed by atoms with Crippen molar-refractivity contribution in [3.8, 4) is 0 Å². The Morgan fingerprint density at radius 1 is 1.25 bits per heavy atom. The van der Waals surface area contributed by atoms with Crippen molar-refractivity contribution >= 4 is 15.9 Å². The summed E-state index contributed by atoms with van der Waals surface area (Å²) in [6.45, 7) is 5.43. The number of carbonyl (C=O) groups excluding carboxylic acids is 1. The number of aromatic nitrogens is 2. The lowest BCUT2D eigenvalue weighted by atomic mass is 9.96. The second-order valence-electron chi connectivity index (χ2n) is 7.34. The van der Waals surface area contributed by atoms with Gasteiger partial charge in [-0.1, -0.05) is 24.9 Å². The first kappa shape index (κ1) is 20.5. The summed E-state index contributed by atoms with van der Waals surface area (Å²) in [6, 6.07) is 5.77. The van der Waals surface area contributed by atoms with Crippen LogP contribution in [-0.2, 0) is 15.6 Å². The number of amides is 1. The molecule has 1 fully saturated rings. The fraction of sp³-hybridized carbons (Fsp3) is 0.526. The summed E-state index contributed by atoms with van der Waals surface area (Å²) in [7, 11) is -3.60. The highest BCUT2D eigenvalue weighted by Gasteiger charge is 2.41. The Hall–Kier alpha value is -2.26. The lowest BCUT2D eigenvalue weighted by Crippen LogP contribution is -2.44. The summed E-state index contributed by atoms with van der Waals surface area (Å²) < 4.78 is 32.4. The molecule has 1 amide bonds. The van der Waals surface area contributed by atoms with Crippen molar-refractivity contribution in [3.63, 3.8) is 0 Å². The molecule has 0 radical (unpaired) electrons. The highest BCUT2D eigenvalue weighted by Crippen LogP contribution is 2.37. The monoisotopic (exact) mass is 406 g/mol. The van der Waals surface area contributed by atoms with E-state index < -0.39 is 15.6 Å². The molecule has 0 aliphatic heterocycles. The van der Waals surface area contributed by atoms with Crippen LogP contribution in [0.1, 0.15) is 68.0 Å². The van der Waals surface area contributed by atoms with E-state index in [1.54, 1.807) is 13.8 Å². The van der Waals surface area contributed by atoms with Crippen LogP contribution in [0.2, 0.25) is 0 Å². The van der Waals surface area contributed by atoms with Crippen LogP contribution in [0.3, 0.4) is 0 Å². The normalized spacial score (nSPS) is 17.4. The zero-order valence-corrected chi connectivity index (χ0v) is 17.2. The summed E-state index contributed by atoms with van der Waals surface area (Å²) >= 11 is 0. The Morgan fingerprint density at radius 3 is 2.43 bits per heavy atom. The first-order chi connectivity index (χ1) is 13.3. The van der Waals surface area contributed by atoms with Crippen molar-refractivity contribution in [2.75, 3.05) is 0 Å². The maximum Gasteiger partial charge on any atom is 0.252 e. The summed E-state index contributed by atoms with van der Waals surface area (Å²) in [5.41, 5.74) is -0.258. The third-order valence-corrected chi connectivity index (χ3v) is 6.77. The first-order valence-corrected chi connectivity index (χ1v) is 11.0. The van der Waals surface area contributed by atoms with Crippen LogP contribution in [0.5, 0.6) is 0 Å². The lowest BCUT2D eigenvalue weighted by Gasteiger charge is -2.26. The molecule has 152 valence electrons. The number of benzene rings is 1. The van der Waals surface area contributed by atoms with Crippen molar-refractivity contribution in [1.82, 2.24) is 20.2 Å². The molecule has 1 unspecified atom stereocenters. The van der Waals surface area contributed by atoms with Gasteiger partial charge in [-0.05, 0) is 50.5 Å². The predicted octanol–water partition coefficient (Wildman–Crippen LogP) is 2.65. The van der Waals surface area contributed by atoms with Crippen molar-refractivity contribution in [2.45, 2.75) is 69.4 Å². The maximum absolute atomic E-state index is 12.8. The molecule has 2 aromatic rings. The van der Waals surface area contributed by atoms with Crippen molar-refractivity contribution in [2.24, 2.45) is 0 Å². The number of aryl methyl sites for hydroxylation is 1. The number of carbonyl (C=O) groups is 1. The molecule has 1 atom stereocenters. The SMILES string of the molecule is CCC(C)NS(=O)(=O)c1ccc(C(=O)NC2(c3noc(C)n3)CCCC2)cc1. The molecule has 9 heteroatoms. The van der Waals surface area contributed by atoms with Gasteiger partial charge < -0.3 is 9.84 Å². The average Bonchev–Trinajstić information content (AvgIpc) is 3.31. The van der Waals surface area contributed by atoms with Gasteiger partial charge in [0.15, 0.2) is 5.82 Å². The van der Waals surface area contributed by atoms with E-state index in [2.05, 4.69) is 20.2 Å². The third-order valence-electron chi connectivity index (χ3n) is 5.16. The zero-order chi connectivity index (χ0) is 20.4. The minimum Gasteiger partial charge on any atom is -0.340 e. The van der Waals surface area contributed by atoms with Gasteiger partial charge >= 0.3 is 0 Å². The molecular formula is C19H26N4O4S. The highest BCUT2D eigenvalue weighted by atomic mass is 32.2. The highest BCUT2D eigenvalue weighted by molar-refractivity contribution is 7.89. The van der Waals surface area contributed by atoms with Crippen LogP contribution in [0, 0.1) is 6.92 Å². The molecule has 28 heavy (non-hydrogen) atoms. The van der Waals surface area contributed by atoms with E-state index >= 15 is 0 Å². The predicted molar refractivity (Wildman–Crippen MR) is 103 cm³/mol. The van der Waals surface area contributed by atoms with E-state index in [9.17, 15) is 13.2 Å². The van der Waals surface area contributed by atoms with Crippen molar-refractivity contribution in [3.05, 3.63) is 41.5 Å². The molecule has 1 aliphatic rings. The van der Waals surface area contributed by atoms with Gasteiger partial charge in [-0.3, -0.25) is 4.79 Å². The zero-order valence-electron chi connectivity index (χ0n) is 16.4. The molecule has 8 nitrogen and oxygen atoms in total. The molecule has 1 saturated carbocycles. The number of nitrogens with one attached hydrogen (secondary N) is 2. The molecule has 0 saturated heterocycles. The summed E-state index contributed by atoms with van der Waals surface area (Å²) in [5.74, 6) is 0.662. The van der Waals surface area contributed by atoms with E-state index in [0.717, 1.165) is 25.7 Å². The molecule has 1 heterocycles. The molecule has 0 spiro atoms. The second kappa shape index (κ2) is 8.00. The van der Waals surface area contributed by atoms with Gasteiger partial charge in [0.2, 0.25) is 15.9 Å². The Morgan fingerprint density at radius 2 is 1.89 bits per heavy atom. The molecule has 1 aromatic carbocycles. The summed E-state index contributed by atoms with van der Waals surface area (Å²) in [4.78, 5) is 17.3. The van der Waals surface area contributed by atoms with E-state index in [1.165, 1.54) is 24.3 Å². The Kier molecular flexibility index (Phi) is 5.85. The lowest BCUT2D eigenvalue weighted by molar-refractivity contribution is 0.0892. The summed E-state index contributed by atoms with van der Waals surface area (Å²) in [6.07, 6.45) is 4.10. The van der Waals surface area contributed by atoms with Crippen LogP contribution in [0.4, 0.5) is 0 Å². The van der Waals surface area contributed by atoms with Gasteiger partial charge in [-0.15, -0.1) is 0 Å². The van der Waals surface area contributed by atoms with Gasteiger partial charge in [-0.25, -0.2) is 13.1 Å². The van der Waals surface area contributed by atoms with E-state index in [0.29, 0.717) is 23.7 Å².